The zero-order chi connectivity index (χ0) is 23.5. The number of carbonyl (C=O) groups excluding carboxylic acids is 3. The third-order valence-corrected chi connectivity index (χ3v) is 5.75. The number of imide groups is 1. The van der Waals surface area contributed by atoms with Crippen LogP contribution in [-0.4, -0.2) is 39.5 Å². The Balaban J connectivity index is 1.43. The predicted molar refractivity (Wildman–Crippen MR) is 119 cm³/mol. The van der Waals surface area contributed by atoms with Crippen LogP contribution in [0.5, 0.6) is 0 Å². The van der Waals surface area contributed by atoms with E-state index >= 15 is 0 Å². The summed E-state index contributed by atoms with van der Waals surface area (Å²) in [5, 5.41) is 8.42. The molecule has 0 saturated carbocycles. The van der Waals surface area contributed by atoms with E-state index in [4.69, 9.17) is 9.52 Å². The molecule has 166 valence electrons. The summed E-state index contributed by atoms with van der Waals surface area (Å²) >= 11 is 0.709. The summed E-state index contributed by atoms with van der Waals surface area (Å²) in [4.78, 5) is 49.2. The first-order valence-electron chi connectivity index (χ1n) is 9.75. The van der Waals surface area contributed by atoms with E-state index in [1.807, 2.05) is 0 Å². The predicted octanol–water partition coefficient (Wildman–Crippen LogP) is 4.63. The Kier molecular flexibility index (Phi) is 6.23. The third-order valence-electron chi connectivity index (χ3n) is 4.84. The van der Waals surface area contributed by atoms with E-state index in [2.05, 4.69) is 0 Å². The second kappa shape index (κ2) is 9.25. The van der Waals surface area contributed by atoms with Crippen molar-refractivity contribution in [3.05, 3.63) is 88.3 Å². The Bertz CT molecular complexity index is 1280. The Morgan fingerprint density at radius 3 is 2.36 bits per heavy atom. The maximum Gasteiger partial charge on any atom is 0.335 e. The van der Waals surface area contributed by atoms with Crippen molar-refractivity contribution in [2.75, 3.05) is 6.54 Å². The first-order valence-corrected chi connectivity index (χ1v) is 10.6. The van der Waals surface area contributed by atoms with Gasteiger partial charge in [0.15, 0.2) is 5.78 Å². The smallest absolute Gasteiger partial charge is 0.335 e. The standard InChI is InChI=1S/C24H16FNO6S/c25-17-7-1-14(2-8-17)11-18(27)13-26-22(28)21(33-24(26)31)12-19-9-10-20(32-19)15-3-5-16(6-4-15)23(29)30/h1-10,12H,11,13H2,(H,29,30)/b21-12-. The maximum absolute atomic E-state index is 13.0. The summed E-state index contributed by atoms with van der Waals surface area (Å²) in [5.41, 5.74) is 1.38. The fraction of sp³-hybridized carbons (Fsp3) is 0.0833. The summed E-state index contributed by atoms with van der Waals surface area (Å²) in [6, 6.07) is 14.8. The molecular weight excluding hydrogens is 449 g/mol. The second-order valence-electron chi connectivity index (χ2n) is 7.19. The van der Waals surface area contributed by atoms with Gasteiger partial charge in [-0.2, -0.15) is 0 Å². The number of thioether (sulfide) groups is 1. The van der Waals surface area contributed by atoms with Crippen LogP contribution in [-0.2, 0) is 16.0 Å². The van der Waals surface area contributed by atoms with E-state index in [1.165, 1.54) is 42.5 Å². The van der Waals surface area contributed by atoms with Crippen LogP contribution >= 0.6 is 11.8 Å². The molecule has 1 N–H and O–H groups in total. The van der Waals surface area contributed by atoms with Crippen LogP contribution in [0.3, 0.4) is 0 Å². The first kappa shape index (κ1) is 22.2. The number of amides is 2. The molecule has 0 atom stereocenters. The van der Waals surface area contributed by atoms with Crippen molar-refractivity contribution in [3.63, 3.8) is 0 Å². The fourth-order valence-corrected chi connectivity index (χ4v) is 4.01. The van der Waals surface area contributed by atoms with Gasteiger partial charge in [-0.25, -0.2) is 9.18 Å². The molecule has 2 aromatic carbocycles. The van der Waals surface area contributed by atoms with E-state index in [1.54, 1.807) is 24.3 Å². The first-order chi connectivity index (χ1) is 15.8. The van der Waals surface area contributed by atoms with Crippen LogP contribution in [0.1, 0.15) is 21.7 Å². The van der Waals surface area contributed by atoms with Crippen molar-refractivity contribution in [1.82, 2.24) is 4.90 Å². The molecule has 9 heteroatoms. The summed E-state index contributed by atoms with van der Waals surface area (Å²) in [7, 11) is 0. The van der Waals surface area contributed by atoms with Crippen molar-refractivity contribution in [3.8, 4) is 11.3 Å². The van der Waals surface area contributed by atoms with Crippen LogP contribution in [0.25, 0.3) is 17.4 Å². The fourth-order valence-electron chi connectivity index (χ4n) is 3.19. The highest BCUT2D eigenvalue weighted by Gasteiger charge is 2.36. The number of carbonyl (C=O) groups is 4. The monoisotopic (exact) mass is 465 g/mol. The maximum atomic E-state index is 13.0. The average Bonchev–Trinajstić information content (AvgIpc) is 3.36. The largest absolute Gasteiger partial charge is 0.478 e. The van der Waals surface area contributed by atoms with E-state index in [0.717, 1.165) is 4.90 Å². The van der Waals surface area contributed by atoms with Gasteiger partial charge in [-0.05, 0) is 53.7 Å². The van der Waals surface area contributed by atoms with E-state index in [9.17, 15) is 23.6 Å². The molecule has 2 amide bonds. The van der Waals surface area contributed by atoms with Crippen LogP contribution in [0.15, 0.2) is 70.0 Å². The van der Waals surface area contributed by atoms with Crippen molar-refractivity contribution in [2.45, 2.75) is 6.42 Å². The topological polar surface area (TPSA) is 105 Å². The average molecular weight is 465 g/mol. The summed E-state index contributed by atoms with van der Waals surface area (Å²) < 4.78 is 18.7. The van der Waals surface area contributed by atoms with Crippen molar-refractivity contribution >= 4 is 40.7 Å². The van der Waals surface area contributed by atoms with E-state index in [0.29, 0.717) is 34.4 Å². The third kappa shape index (κ3) is 5.09. The van der Waals surface area contributed by atoms with E-state index in [-0.39, 0.29) is 29.2 Å². The number of benzene rings is 2. The molecule has 1 saturated heterocycles. The molecule has 0 radical (unpaired) electrons. The van der Waals surface area contributed by atoms with E-state index < -0.39 is 22.9 Å². The van der Waals surface area contributed by atoms with Gasteiger partial charge in [-0.3, -0.25) is 19.3 Å². The van der Waals surface area contributed by atoms with Gasteiger partial charge < -0.3 is 9.52 Å². The minimum absolute atomic E-state index is 0.0245. The number of halogens is 1. The lowest BCUT2D eigenvalue weighted by Crippen LogP contribution is -2.34. The molecular formula is C24H16FNO6S. The molecule has 1 fully saturated rings. The summed E-state index contributed by atoms with van der Waals surface area (Å²) in [6.45, 7) is -0.376. The molecule has 1 aromatic heterocycles. The molecule has 7 nitrogen and oxygen atoms in total. The number of nitrogens with zero attached hydrogens (tertiary/aromatic N) is 1. The van der Waals surface area contributed by atoms with Gasteiger partial charge in [-0.1, -0.05) is 24.3 Å². The molecule has 1 aliphatic rings. The van der Waals surface area contributed by atoms with Gasteiger partial charge in [-0.15, -0.1) is 0 Å². The lowest BCUT2D eigenvalue weighted by Gasteiger charge is -2.11. The lowest BCUT2D eigenvalue weighted by atomic mass is 10.1. The molecule has 2 heterocycles. The quantitative estimate of drug-likeness (QED) is 0.507. The number of ketones is 1. The Morgan fingerprint density at radius 1 is 1.00 bits per heavy atom. The Hall–Kier alpha value is -3.98. The van der Waals surface area contributed by atoms with Crippen molar-refractivity contribution in [1.29, 1.82) is 0 Å². The highest BCUT2D eigenvalue weighted by atomic mass is 32.2. The highest BCUT2D eigenvalue weighted by Crippen LogP contribution is 2.33. The van der Waals surface area contributed by atoms with Gasteiger partial charge in [0.1, 0.15) is 17.3 Å². The summed E-state index contributed by atoms with van der Waals surface area (Å²) in [5.74, 6) is -1.60. The number of aromatic carboxylic acids is 1. The van der Waals surface area contributed by atoms with Gasteiger partial charge in [0.25, 0.3) is 11.1 Å². The minimum atomic E-state index is -1.03. The zero-order valence-electron chi connectivity index (χ0n) is 17.0. The number of carboxylic acid groups (broad SMARTS) is 1. The van der Waals surface area contributed by atoms with Gasteiger partial charge in [0.05, 0.1) is 17.0 Å². The summed E-state index contributed by atoms with van der Waals surface area (Å²) in [6.07, 6.45) is 1.40. The molecule has 1 aliphatic heterocycles. The van der Waals surface area contributed by atoms with Crippen molar-refractivity contribution in [2.24, 2.45) is 0 Å². The van der Waals surface area contributed by atoms with Crippen LogP contribution in [0.4, 0.5) is 9.18 Å². The second-order valence-corrected chi connectivity index (χ2v) is 8.19. The number of carboxylic acids is 1. The lowest BCUT2D eigenvalue weighted by molar-refractivity contribution is -0.128. The molecule has 0 spiro atoms. The van der Waals surface area contributed by atoms with Crippen LogP contribution in [0.2, 0.25) is 0 Å². The van der Waals surface area contributed by atoms with Crippen molar-refractivity contribution < 1.29 is 33.1 Å². The highest BCUT2D eigenvalue weighted by molar-refractivity contribution is 8.18. The van der Waals surface area contributed by atoms with Gasteiger partial charge in [0, 0.05) is 18.1 Å². The Labute approximate surface area is 191 Å². The normalized spacial score (nSPS) is 14.8. The zero-order valence-corrected chi connectivity index (χ0v) is 17.8. The molecule has 0 aliphatic carbocycles. The molecule has 33 heavy (non-hydrogen) atoms. The van der Waals surface area contributed by atoms with Gasteiger partial charge >= 0.3 is 5.97 Å². The molecule has 4 rings (SSSR count). The Morgan fingerprint density at radius 2 is 1.70 bits per heavy atom. The van der Waals surface area contributed by atoms with Crippen LogP contribution in [0, 0.1) is 5.82 Å². The number of rotatable bonds is 7. The SMILES string of the molecule is O=C(Cc1ccc(F)cc1)CN1C(=O)S/C(=C\c2ccc(-c3ccc(C(=O)O)cc3)o2)C1=O. The number of hydrogen-bond donors (Lipinski definition) is 1. The molecule has 0 bridgehead atoms. The van der Waals surface area contributed by atoms with Gasteiger partial charge in [0.2, 0.25) is 0 Å². The number of hydrogen-bond acceptors (Lipinski definition) is 6. The minimum Gasteiger partial charge on any atom is -0.478 e. The molecule has 0 unspecified atom stereocenters. The number of Topliss-reactive ketones (excluding diaryl/α,β-unsaturated/α-hetero) is 1. The molecule has 3 aromatic rings. The number of furan rings is 1. The van der Waals surface area contributed by atoms with Crippen LogP contribution < -0.4 is 0 Å².